The average molecular weight is 279 g/mol. The molecule has 0 aliphatic heterocycles. The van der Waals surface area contributed by atoms with E-state index in [1.54, 1.807) is 24.3 Å². The fourth-order valence-corrected chi connectivity index (χ4v) is 1.38. The number of rotatable bonds is 5. The monoisotopic (exact) mass is 279 g/mol. The van der Waals surface area contributed by atoms with E-state index in [-0.39, 0.29) is 24.0 Å². The van der Waals surface area contributed by atoms with E-state index < -0.39 is 0 Å². The number of nitrogens with two attached hydrogens (primary N) is 1. The van der Waals surface area contributed by atoms with Crippen molar-refractivity contribution in [3.8, 4) is 0 Å². The number of carbonyl (C=O) groups is 1. The van der Waals surface area contributed by atoms with Gasteiger partial charge in [-0.15, -0.1) is 0 Å². The molecule has 0 spiro atoms. The minimum atomic E-state index is -0.333. The molecule has 1 aromatic carbocycles. The Morgan fingerprint density at radius 2 is 1.95 bits per heavy atom. The Kier molecular flexibility index (Phi) is 5.52. The molecule has 1 aromatic rings. The summed E-state index contributed by atoms with van der Waals surface area (Å²) in [5.41, 5.74) is 6.67. The van der Waals surface area contributed by atoms with E-state index in [9.17, 15) is 4.79 Å². The first-order chi connectivity index (χ1) is 9.31. The van der Waals surface area contributed by atoms with Crippen LogP contribution in [0.3, 0.4) is 0 Å². The highest BCUT2D eigenvalue weighted by atomic mass is 16.5. The maximum absolute atomic E-state index is 11.6. The lowest BCUT2D eigenvalue weighted by Crippen LogP contribution is -2.31. The molecule has 110 valence electrons. The van der Waals surface area contributed by atoms with Crippen molar-refractivity contribution < 1.29 is 14.7 Å². The van der Waals surface area contributed by atoms with E-state index >= 15 is 0 Å². The molecular weight excluding hydrogens is 258 g/mol. The third kappa shape index (κ3) is 5.71. The van der Waals surface area contributed by atoms with Crippen LogP contribution in [-0.4, -0.2) is 29.2 Å². The Bertz CT molecular complexity index is 475. The predicted molar refractivity (Wildman–Crippen MR) is 76.5 cm³/mol. The van der Waals surface area contributed by atoms with E-state index in [4.69, 9.17) is 15.7 Å². The van der Waals surface area contributed by atoms with Crippen LogP contribution >= 0.6 is 0 Å². The largest absolute Gasteiger partial charge is 0.409 e. The van der Waals surface area contributed by atoms with Gasteiger partial charge in [0.15, 0.2) is 5.84 Å². The van der Waals surface area contributed by atoms with E-state index in [0.29, 0.717) is 12.1 Å². The first-order valence-electron chi connectivity index (χ1n) is 6.29. The fraction of sp³-hybridized carbons (Fsp3) is 0.429. The molecule has 0 unspecified atom stereocenters. The number of amides is 1. The van der Waals surface area contributed by atoms with Gasteiger partial charge in [-0.1, -0.05) is 29.4 Å². The number of hydrogen-bond donors (Lipinski definition) is 3. The molecule has 0 aliphatic rings. The van der Waals surface area contributed by atoms with Crippen molar-refractivity contribution in [1.29, 1.82) is 0 Å². The SMILES string of the molecule is CC(C)(C)OCC(=O)NCc1ccc(/C(N)=N/O)cc1. The first-order valence-corrected chi connectivity index (χ1v) is 6.29. The standard InChI is InChI=1S/C14H21N3O3/c1-14(2,3)20-9-12(18)16-8-10-4-6-11(7-5-10)13(15)17-19/h4-7,19H,8-9H2,1-3H3,(H2,15,17)(H,16,18). The summed E-state index contributed by atoms with van der Waals surface area (Å²) >= 11 is 0. The van der Waals surface area contributed by atoms with Crippen molar-refractivity contribution in [2.24, 2.45) is 10.9 Å². The van der Waals surface area contributed by atoms with Gasteiger partial charge in [0.25, 0.3) is 0 Å². The van der Waals surface area contributed by atoms with Gasteiger partial charge < -0.3 is 21.0 Å². The summed E-state index contributed by atoms with van der Waals surface area (Å²) in [4.78, 5) is 11.6. The third-order valence-corrected chi connectivity index (χ3v) is 2.48. The van der Waals surface area contributed by atoms with Crippen molar-refractivity contribution in [3.05, 3.63) is 35.4 Å². The summed E-state index contributed by atoms with van der Waals surface area (Å²) in [5.74, 6) is -0.111. The number of ether oxygens (including phenoxy) is 1. The zero-order chi connectivity index (χ0) is 15.2. The van der Waals surface area contributed by atoms with Crippen molar-refractivity contribution >= 4 is 11.7 Å². The summed E-state index contributed by atoms with van der Waals surface area (Å²) in [6, 6.07) is 7.06. The molecule has 0 atom stereocenters. The summed E-state index contributed by atoms with van der Waals surface area (Å²) in [6.07, 6.45) is 0. The molecule has 6 nitrogen and oxygen atoms in total. The summed E-state index contributed by atoms with van der Waals surface area (Å²) in [7, 11) is 0. The van der Waals surface area contributed by atoms with Crippen molar-refractivity contribution in [2.75, 3.05) is 6.61 Å². The molecule has 0 bridgehead atoms. The number of hydrogen-bond acceptors (Lipinski definition) is 4. The van der Waals surface area contributed by atoms with Gasteiger partial charge in [-0.05, 0) is 26.3 Å². The molecule has 0 aromatic heterocycles. The van der Waals surface area contributed by atoms with Gasteiger partial charge in [0.05, 0.1) is 5.60 Å². The molecule has 0 aliphatic carbocycles. The molecule has 20 heavy (non-hydrogen) atoms. The van der Waals surface area contributed by atoms with E-state index in [2.05, 4.69) is 10.5 Å². The first kappa shape index (κ1) is 16.0. The fourth-order valence-electron chi connectivity index (χ4n) is 1.38. The van der Waals surface area contributed by atoms with Gasteiger partial charge >= 0.3 is 0 Å². The number of amidine groups is 1. The second kappa shape index (κ2) is 6.91. The van der Waals surface area contributed by atoms with Crippen LogP contribution < -0.4 is 11.1 Å². The molecule has 1 amide bonds. The second-order valence-corrected chi connectivity index (χ2v) is 5.36. The van der Waals surface area contributed by atoms with Crippen LogP contribution in [0.1, 0.15) is 31.9 Å². The number of nitrogens with zero attached hydrogens (tertiary/aromatic N) is 1. The molecule has 0 saturated heterocycles. The van der Waals surface area contributed by atoms with E-state index in [0.717, 1.165) is 5.56 Å². The zero-order valence-electron chi connectivity index (χ0n) is 12.0. The Morgan fingerprint density at radius 3 is 2.45 bits per heavy atom. The van der Waals surface area contributed by atoms with Crippen LogP contribution in [0.15, 0.2) is 29.4 Å². The van der Waals surface area contributed by atoms with Crippen molar-refractivity contribution in [3.63, 3.8) is 0 Å². The maximum atomic E-state index is 11.6. The number of nitrogens with one attached hydrogen (secondary N) is 1. The van der Waals surface area contributed by atoms with Gasteiger partial charge in [-0.3, -0.25) is 4.79 Å². The quantitative estimate of drug-likeness (QED) is 0.327. The lowest BCUT2D eigenvalue weighted by molar-refractivity contribution is -0.130. The highest BCUT2D eigenvalue weighted by Gasteiger charge is 2.12. The Morgan fingerprint density at radius 1 is 1.35 bits per heavy atom. The van der Waals surface area contributed by atoms with Crippen LogP contribution in [0.2, 0.25) is 0 Å². The summed E-state index contributed by atoms with van der Waals surface area (Å²) in [5, 5.41) is 14.2. The molecule has 0 heterocycles. The van der Waals surface area contributed by atoms with Gasteiger partial charge in [-0.25, -0.2) is 0 Å². The predicted octanol–water partition coefficient (Wildman–Crippen LogP) is 1.21. The number of carbonyl (C=O) groups excluding carboxylic acids is 1. The van der Waals surface area contributed by atoms with Gasteiger partial charge in [-0.2, -0.15) is 0 Å². The lowest BCUT2D eigenvalue weighted by atomic mass is 10.1. The molecule has 4 N–H and O–H groups in total. The van der Waals surface area contributed by atoms with Crippen molar-refractivity contribution in [2.45, 2.75) is 32.9 Å². The topological polar surface area (TPSA) is 96.9 Å². The number of benzene rings is 1. The molecule has 1 rings (SSSR count). The maximum Gasteiger partial charge on any atom is 0.246 e. The third-order valence-electron chi connectivity index (χ3n) is 2.48. The highest BCUT2D eigenvalue weighted by molar-refractivity contribution is 5.96. The summed E-state index contributed by atoms with van der Waals surface area (Å²) < 4.78 is 5.37. The molecule has 0 radical (unpaired) electrons. The van der Waals surface area contributed by atoms with Crippen LogP contribution in [0.5, 0.6) is 0 Å². The van der Waals surface area contributed by atoms with Gasteiger partial charge in [0, 0.05) is 12.1 Å². The minimum Gasteiger partial charge on any atom is -0.409 e. The van der Waals surface area contributed by atoms with Crippen LogP contribution in [0, 0.1) is 0 Å². The van der Waals surface area contributed by atoms with Gasteiger partial charge in [0.2, 0.25) is 5.91 Å². The minimum absolute atomic E-state index is 0.0334. The van der Waals surface area contributed by atoms with Gasteiger partial charge in [0.1, 0.15) is 6.61 Å². The summed E-state index contributed by atoms with van der Waals surface area (Å²) in [6.45, 7) is 6.12. The Hall–Kier alpha value is -2.08. The normalized spacial score (nSPS) is 12.2. The molecule has 0 fully saturated rings. The smallest absolute Gasteiger partial charge is 0.246 e. The number of oxime groups is 1. The molecule has 6 heteroatoms. The highest BCUT2D eigenvalue weighted by Crippen LogP contribution is 2.06. The van der Waals surface area contributed by atoms with E-state index in [1.807, 2.05) is 20.8 Å². The lowest BCUT2D eigenvalue weighted by Gasteiger charge is -2.19. The van der Waals surface area contributed by atoms with Crippen LogP contribution in [-0.2, 0) is 16.1 Å². The van der Waals surface area contributed by atoms with Crippen molar-refractivity contribution in [1.82, 2.24) is 5.32 Å². The Labute approximate surface area is 118 Å². The van der Waals surface area contributed by atoms with Crippen LogP contribution in [0.4, 0.5) is 0 Å². The second-order valence-electron chi connectivity index (χ2n) is 5.36. The van der Waals surface area contributed by atoms with Crippen LogP contribution in [0.25, 0.3) is 0 Å². The molecule has 0 saturated carbocycles. The van der Waals surface area contributed by atoms with E-state index in [1.165, 1.54) is 0 Å². The zero-order valence-corrected chi connectivity index (χ0v) is 12.0. The average Bonchev–Trinajstić information content (AvgIpc) is 2.41. The molecular formula is C14H21N3O3. The Balaban J connectivity index is 2.44.